The number of nitrogens with one attached hydrogen (secondary N) is 1. The third-order valence-electron chi connectivity index (χ3n) is 5.87. The molecular weight excluding hydrogens is 507 g/mol. The van der Waals surface area contributed by atoms with Crippen molar-refractivity contribution in [3.05, 3.63) is 58.3 Å². The first-order valence-corrected chi connectivity index (χ1v) is 11.7. The Morgan fingerprint density at radius 3 is 2.67 bits per heavy atom. The van der Waals surface area contributed by atoms with Gasteiger partial charge in [0.15, 0.2) is 5.96 Å². The standard InChI is InChI=1S/C23H32N4OS.HI/c1-2-24-23(27-11-10-20(18-27)19-7-4-3-5-8-19)25-17-21(22-9-6-16-29-22)26-12-14-28-15-13-26;/h3-9,16,20-21H,2,10-15,17-18H2,1H3,(H,24,25);1H. The predicted molar refractivity (Wildman–Crippen MR) is 136 cm³/mol. The highest BCUT2D eigenvalue weighted by Gasteiger charge is 2.27. The highest BCUT2D eigenvalue weighted by Crippen LogP contribution is 2.28. The van der Waals surface area contributed by atoms with E-state index in [2.05, 4.69) is 69.9 Å². The maximum atomic E-state index is 5.57. The Morgan fingerprint density at radius 1 is 1.17 bits per heavy atom. The molecule has 2 aromatic rings. The van der Waals surface area contributed by atoms with Crippen LogP contribution in [0.25, 0.3) is 0 Å². The first kappa shape index (κ1) is 23.5. The van der Waals surface area contributed by atoms with Crippen LogP contribution >= 0.6 is 35.3 Å². The van der Waals surface area contributed by atoms with Crippen molar-refractivity contribution < 1.29 is 4.74 Å². The highest BCUT2D eigenvalue weighted by atomic mass is 127. The SMILES string of the molecule is CCNC(=NCC(c1cccs1)N1CCOCC1)N1CCC(c2ccccc2)C1.I. The fraction of sp³-hybridized carbons (Fsp3) is 0.522. The van der Waals surface area contributed by atoms with Gasteiger partial charge in [-0.2, -0.15) is 0 Å². The molecule has 2 unspecified atom stereocenters. The second-order valence-electron chi connectivity index (χ2n) is 7.72. The Labute approximate surface area is 201 Å². The van der Waals surface area contributed by atoms with Crippen LogP contribution in [0.5, 0.6) is 0 Å². The topological polar surface area (TPSA) is 40.1 Å². The minimum atomic E-state index is 0. The van der Waals surface area contributed by atoms with E-state index in [1.807, 2.05) is 11.3 Å². The molecule has 1 N–H and O–H groups in total. The molecule has 1 aromatic carbocycles. The van der Waals surface area contributed by atoms with Crippen LogP contribution in [0.15, 0.2) is 52.8 Å². The maximum Gasteiger partial charge on any atom is 0.194 e. The normalized spacial score (nSPS) is 21.3. The quantitative estimate of drug-likeness (QED) is 0.339. The van der Waals surface area contributed by atoms with E-state index in [4.69, 9.17) is 9.73 Å². The number of guanidine groups is 1. The molecule has 0 amide bonds. The van der Waals surface area contributed by atoms with Crippen molar-refractivity contribution in [3.8, 4) is 0 Å². The van der Waals surface area contributed by atoms with Crippen LogP contribution in [0.3, 0.4) is 0 Å². The fourth-order valence-corrected chi connectivity index (χ4v) is 5.16. The summed E-state index contributed by atoms with van der Waals surface area (Å²) in [6, 6.07) is 15.6. The molecule has 2 atom stereocenters. The lowest BCUT2D eigenvalue weighted by Crippen LogP contribution is -2.42. The molecule has 0 bridgehead atoms. The first-order chi connectivity index (χ1) is 14.3. The van der Waals surface area contributed by atoms with E-state index in [1.54, 1.807) is 0 Å². The summed E-state index contributed by atoms with van der Waals surface area (Å²) < 4.78 is 5.57. The molecule has 1 aromatic heterocycles. The molecular formula is C23H33IN4OS. The molecule has 5 nitrogen and oxygen atoms in total. The van der Waals surface area contributed by atoms with Crippen LogP contribution in [0.1, 0.15) is 35.7 Å². The molecule has 0 radical (unpaired) electrons. The van der Waals surface area contributed by atoms with Crippen LogP contribution in [0.4, 0.5) is 0 Å². The molecule has 30 heavy (non-hydrogen) atoms. The monoisotopic (exact) mass is 540 g/mol. The number of hydrogen-bond acceptors (Lipinski definition) is 4. The molecule has 164 valence electrons. The highest BCUT2D eigenvalue weighted by molar-refractivity contribution is 14.0. The molecule has 2 aliphatic rings. The van der Waals surface area contributed by atoms with E-state index >= 15 is 0 Å². The zero-order valence-corrected chi connectivity index (χ0v) is 20.9. The molecule has 0 saturated carbocycles. The van der Waals surface area contributed by atoms with E-state index in [0.29, 0.717) is 12.0 Å². The molecule has 7 heteroatoms. The van der Waals surface area contributed by atoms with Gasteiger partial charge in [-0.15, -0.1) is 35.3 Å². The number of aliphatic imine (C=N–C) groups is 1. The number of ether oxygens (including phenoxy) is 1. The average Bonchev–Trinajstić information content (AvgIpc) is 3.47. The van der Waals surface area contributed by atoms with Crippen molar-refractivity contribution in [3.63, 3.8) is 0 Å². The lowest BCUT2D eigenvalue weighted by atomic mass is 9.99. The number of halogens is 1. The third kappa shape index (κ3) is 5.96. The smallest absolute Gasteiger partial charge is 0.194 e. The van der Waals surface area contributed by atoms with Gasteiger partial charge in [0.2, 0.25) is 0 Å². The Kier molecular flexibility index (Phi) is 9.42. The van der Waals surface area contributed by atoms with Crippen LogP contribution in [0, 0.1) is 0 Å². The van der Waals surface area contributed by atoms with Gasteiger partial charge < -0.3 is 15.0 Å². The number of morpholine rings is 1. The summed E-state index contributed by atoms with van der Waals surface area (Å²) in [5, 5.41) is 5.71. The summed E-state index contributed by atoms with van der Waals surface area (Å²) in [5.41, 5.74) is 1.44. The summed E-state index contributed by atoms with van der Waals surface area (Å²) >= 11 is 1.83. The predicted octanol–water partition coefficient (Wildman–Crippen LogP) is 4.19. The fourth-order valence-electron chi connectivity index (χ4n) is 4.30. The van der Waals surface area contributed by atoms with Crippen molar-refractivity contribution >= 4 is 41.3 Å². The van der Waals surface area contributed by atoms with Gasteiger partial charge in [0.25, 0.3) is 0 Å². The average molecular weight is 541 g/mol. The van der Waals surface area contributed by atoms with Gasteiger partial charge in [0.1, 0.15) is 0 Å². The minimum Gasteiger partial charge on any atom is -0.379 e. The largest absolute Gasteiger partial charge is 0.379 e. The molecule has 0 aliphatic carbocycles. The Bertz CT molecular complexity index is 765. The van der Waals surface area contributed by atoms with Gasteiger partial charge in [0, 0.05) is 43.5 Å². The molecule has 2 fully saturated rings. The van der Waals surface area contributed by atoms with E-state index in [1.165, 1.54) is 16.9 Å². The third-order valence-corrected chi connectivity index (χ3v) is 6.84. The maximum absolute atomic E-state index is 5.57. The van der Waals surface area contributed by atoms with Gasteiger partial charge in [0.05, 0.1) is 25.8 Å². The minimum absolute atomic E-state index is 0. The van der Waals surface area contributed by atoms with E-state index in [0.717, 1.165) is 58.4 Å². The summed E-state index contributed by atoms with van der Waals surface area (Å²) in [5.74, 6) is 1.65. The van der Waals surface area contributed by atoms with Gasteiger partial charge >= 0.3 is 0 Å². The van der Waals surface area contributed by atoms with Crippen LogP contribution < -0.4 is 5.32 Å². The number of benzene rings is 1. The van der Waals surface area contributed by atoms with Gasteiger partial charge in [-0.3, -0.25) is 9.89 Å². The second-order valence-corrected chi connectivity index (χ2v) is 8.70. The van der Waals surface area contributed by atoms with Crippen molar-refractivity contribution in [2.75, 3.05) is 52.5 Å². The van der Waals surface area contributed by atoms with Gasteiger partial charge in [-0.25, -0.2) is 0 Å². The Balaban J connectivity index is 0.00000256. The number of rotatable bonds is 6. The molecule has 2 aliphatic heterocycles. The molecule has 0 spiro atoms. The summed E-state index contributed by atoms with van der Waals surface area (Å²) in [6.45, 7) is 9.53. The zero-order valence-electron chi connectivity index (χ0n) is 17.7. The van der Waals surface area contributed by atoms with Crippen LogP contribution in [-0.4, -0.2) is 68.2 Å². The summed E-state index contributed by atoms with van der Waals surface area (Å²) in [6.07, 6.45) is 1.19. The van der Waals surface area contributed by atoms with Crippen molar-refractivity contribution in [2.45, 2.75) is 25.3 Å². The molecule has 4 rings (SSSR count). The molecule has 2 saturated heterocycles. The van der Waals surface area contributed by atoms with E-state index in [9.17, 15) is 0 Å². The lowest BCUT2D eigenvalue weighted by molar-refractivity contribution is 0.0186. The summed E-state index contributed by atoms with van der Waals surface area (Å²) in [7, 11) is 0. The Hall–Kier alpha value is -1.16. The zero-order chi connectivity index (χ0) is 19.9. The number of likely N-dealkylation sites (tertiary alicyclic amines) is 1. The Morgan fingerprint density at radius 2 is 1.97 bits per heavy atom. The van der Waals surface area contributed by atoms with Crippen LogP contribution in [-0.2, 0) is 4.74 Å². The lowest BCUT2D eigenvalue weighted by Gasteiger charge is -2.33. The molecule has 3 heterocycles. The van der Waals surface area contributed by atoms with E-state index < -0.39 is 0 Å². The number of nitrogens with zero attached hydrogens (tertiary/aromatic N) is 3. The van der Waals surface area contributed by atoms with Gasteiger partial charge in [-0.05, 0) is 30.4 Å². The van der Waals surface area contributed by atoms with Crippen molar-refractivity contribution in [2.24, 2.45) is 4.99 Å². The van der Waals surface area contributed by atoms with Crippen LogP contribution in [0.2, 0.25) is 0 Å². The van der Waals surface area contributed by atoms with E-state index in [-0.39, 0.29) is 24.0 Å². The van der Waals surface area contributed by atoms with Gasteiger partial charge in [-0.1, -0.05) is 36.4 Å². The number of hydrogen-bond donors (Lipinski definition) is 1. The second kappa shape index (κ2) is 12.0. The summed E-state index contributed by atoms with van der Waals surface area (Å²) in [4.78, 5) is 11.5. The van der Waals surface area contributed by atoms with Crippen molar-refractivity contribution in [1.82, 2.24) is 15.1 Å². The first-order valence-electron chi connectivity index (χ1n) is 10.8. The van der Waals surface area contributed by atoms with Crippen molar-refractivity contribution in [1.29, 1.82) is 0 Å². The number of thiophene rings is 1.